The molecule has 6 aromatic rings. The van der Waals surface area contributed by atoms with Crippen molar-refractivity contribution in [3.8, 4) is 17.6 Å². The number of benzene rings is 5. The van der Waals surface area contributed by atoms with E-state index in [9.17, 15) is 19.6 Å². The first-order valence-electron chi connectivity index (χ1n) is 23.9. The number of nitrogens with one attached hydrogen (secondary N) is 1. The van der Waals surface area contributed by atoms with Gasteiger partial charge in [-0.1, -0.05) is 97.1 Å². The van der Waals surface area contributed by atoms with Crippen molar-refractivity contribution in [3.05, 3.63) is 190 Å². The molecule has 0 aliphatic carbocycles. The fraction of sp³-hybridized carbons (Fsp3) is 0.339. The lowest BCUT2D eigenvalue weighted by atomic mass is 9.80. The molecule has 4 atom stereocenters. The van der Waals surface area contributed by atoms with E-state index in [1.807, 2.05) is 121 Å². The van der Waals surface area contributed by atoms with Crippen molar-refractivity contribution in [2.75, 3.05) is 32.8 Å². The van der Waals surface area contributed by atoms with E-state index in [4.69, 9.17) is 28.0 Å². The number of amides is 1. The molecule has 1 amide bonds. The summed E-state index contributed by atoms with van der Waals surface area (Å²) in [6.45, 7) is 8.43. The number of hydrogen-bond donors (Lipinski definition) is 1. The highest BCUT2D eigenvalue weighted by molar-refractivity contribution is 7.44. The Morgan fingerprint density at radius 2 is 1.41 bits per heavy atom. The van der Waals surface area contributed by atoms with Crippen LogP contribution in [-0.2, 0) is 41.8 Å². The Bertz CT molecular complexity index is 2690. The highest BCUT2D eigenvalue weighted by Gasteiger charge is 2.45. The van der Waals surface area contributed by atoms with Crippen LogP contribution >= 0.6 is 8.53 Å². The minimum Gasteiger partial charge on any atom is -0.497 e. The monoisotopic (exact) mass is 979 g/mol. The Labute approximate surface area is 417 Å². The van der Waals surface area contributed by atoms with Crippen molar-refractivity contribution >= 4 is 26.0 Å². The first-order chi connectivity index (χ1) is 34.4. The second-order valence-corrected chi connectivity index (χ2v) is 19.1. The van der Waals surface area contributed by atoms with Crippen molar-refractivity contribution in [2.24, 2.45) is 0 Å². The van der Waals surface area contributed by atoms with Gasteiger partial charge in [-0.2, -0.15) is 10.2 Å². The predicted octanol–water partition coefficient (Wildman–Crippen LogP) is 10.2. The lowest BCUT2D eigenvalue weighted by molar-refractivity contribution is -0.118. The van der Waals surface area contributed by atoms with Crippen LogP contribution in [0, 0.1) is 11.3 Å². The first kappa shape index (κ1) is 52.3. The van der Waals surface area contributed by atoms with Gasteiger partial charge >= 0.3 is 5.69 Å². The Morgan fingerprint density at radius 1 is 0.817 bits per heavy atom. The van der Waals surface area contributed by atoms with Crippen molar-refractivity contribution in [1.29, 1.82) is 5.26 Å². The summed E-state index contributed by atoms with van der Waals surface area (Å²) in [5.41, 5.74) is 2.98. The first-order valence-corrected chi connectivity index (χ1v) is 25.0. The molecule has 71 heavy (non-hydrogen) atoms. The summed E-state index contributed by atoms with van der Waals surface area (Å²) < 4.78 is 42.1. The zero-order valence-corrected chi connectivity index (χ0v) is 42.0. The molecule has 1 aliphatic rings. The van der Waals surface area contributed by atoms with E-state index in [-0.39, 0.29) is 49.7 Å². The number of methoxy groups -OCH3 is 2. The van der Waals surface area contributed by atoms with E-state index < -0.39 is 44.2 Å². The van der Waals surface area contributed by atoms with Crippen LogP contribution in [-0.4, -0.2) is 77.6 Å². The zero-order chi connectivity index (χ0) is 50.3. The lowest BCUT2D eigenvalue weighted by Gasteiger charge is -2.39. The van der Waals surface area contributed by atoms with E-state index in [0.29, 0.717) is 36.3 Å². The van der Waals surface area contributed by atoms with E-state index in [1.165, 1.54) is 4.57 Å². The third-order valence-corrected chi connectivity index (χ3v) is 14.4. The molecule has 5 aromatic carbocycles. The molecule has 15 heteroatoms. The van der Waals surface area contributed by atoms with Crippen molar-refractivity contribution in [2.45, 2.75) is 95.9 Å². The van der Waals surface area contributed by atoms with Gasteiger partial charge in [-0.15, -0.1) is 0 Å². The highest BCUT2D eigenvalue weighted by Crippen LogP contribution is 2.51. The SMILES string of the molecule is COc1ccc(C(OCC2OC(n3ccc(NC(=O)c4ccc(CCC(=O)Cc5ccccc5)cc4)nc3=O)CC2OP(OCCC#N)N(C(C)C)C(C)C)(c2ccccc2)c2ccc(OC)cc2)cc1. The number of ether oxygens (including phenoxy) is 4. The largest absolute Gasteiger partial charge is 0.497 e. The molecule has 1 N–H and O–H groups in total. The fourth-order valence-corrected chi connectivity index (χ4v) is 10.5. The van der Waals surface area contributed by atoms with Gasteiger partial charge < -0.3 is 33.3 Å². The molecule has 0 radical (unpaired) electrons. The average Bonchev–Trinajstić information content (AvgIpc) is 3.78. The molecule has 1 aromatic heterocycles. The smallest absolute Gasteiger partial charge is 0.351 e. The molecule has 0 bridgehead atoms. The number of carbonyl (C=O) groups excluding carboxylic acids is 2. The normalized spacial score (nSPS) is 16.2. The zero-order valence-electron chi connectivity index (χ0n) is 41.1. The number of aryl methyl sites for hydroxylation is 1. The van der Waals surface area contributed by atoms with Crippen LogP contribution < -0.4 is 20.5 Å². The third kappa shape index (κ3) is 13.2. The van der Waals surface area contributed by atoms with Gasteiger partial charge in [-0.25, -0.2) is 9.46 Å². The van der Waals surface area contributed by atoms with Gasteiger partial charge in [0.2, 0.25) is 0 Å². The van der Waals surface area contributed by atoms with E-state index >= 15 is 0 Å². The molecule has 0 spiro atoms. The van der Waals surface area contributed by atoms with Crippen LogP contribution in [0.2, 0.25) is 0 Å². The fourth-order valence-electron chi connectivity index (χ4n) is 8.73. The molecule has 0 saturated carbocycles. The average molecular weight is 980 g/mol. The van der Waals surface area contributed by atoms with Crippen molar-refractivity contribution in [1.82, 2.24) is 14.2 Å². The Morgan fingerprint density at radius 3 is 1.97 bits per heavy atom. The number of nitrogens with zero attached hydrogens (tertiary/aromatic N) is 4. The molecular formula is C56H62N5O9P. The quantitative estimate of drug-likeness (QED) is 0.0347. The maximum atomic E-state index is 13.9. The summed E-state index contributed by atoms with van der Waals surface area (Å²) in [4.78, 5) is 44.2. The van der Waals surface area contributed by atoms with Crippen LogP contribution in [0.25, 0.3) is 0 Å². The number of hydrogen-bond acceptors (Lipinski definition) is 12. The number of Topliss-reactive ketones (excluding diaryl/α,β-unsaturated/α-hetero) is 1. The molecule has 1 saturated heterocycles. The molecule has 1 aliphatic heterocycles. The minimum absolute atomic E-state index is 0.00203. The van der Waals surface area contributed by atoms with Crippen LogP contribution in [0.1, 0.15) is 91.4 Å². The number of ketones is 1. The van der Waals surface area contributed by atoms with E-state index in [1.54, 1.807) is 38.6 Å². The van der Waals surface area contributed by atoms with Gasteiger partial charge in [0.15, 0.2) is 0 Å². The molecule has 7 rings (SSSR count). The van der Waals surface area contributed by atoms with Crippen LogP contribution in [0.4, 0.5) is 5.82 Å². The van der Waals surface area contributed by atoms with Gasteiger partial charge in [0.05, 0.1) is 46.0 Å². The summed E-state index contributed by atoms with van der Waals surface area (Å²) in [6, 6.07) is 45.9. The van der Waals surface area contributed by atoms with Crippen molar-refractivity contribution < 1.29 is 37.6 Å². The van der Waals surface area contributed by atoms with Crippen LogP contribution in [0.5, 0.6) is 11.5 Å². The molecule has 14 nitrogen and oxygen atoms in total. The second-order valence-electron chi connectivity index (χ2n) is 17.7. The van der Waals surface area contributed by atoms with Crippen LogP contribution in [0.3, 0.4) is 0 Å². The third-order valence-electron chi connectivity index (χ3n) is 12.2. The molecular weight excluding hydrogens is 918 g/mol. The molecule has 4 unspecified atom stereocenters. The predicted molar refractivity (Wildman–Crippen MR) is 273 cm³/mol. The van der Waals surface area contributed by atoms with E-state index in [2.05, 4.69) is 48.7 Å². The Hall–Kier alpha value is -6.56. The lowest BCUT2D eigenvalue weighted by Crippen LogP contribution is -2.39. The van der Waals surface area contributed by atoms with Gasteiger partial charge in [0, 0.05) is 43.1 Å². The number of carbonyl (C=O) groups is 2. The van der Waals surface area contributed by atoms with Gasteiger partial charge in [-0.3, -0.25) is 14.2 Å². The summed E-state index contributed by atoms with van der Waals surface area (Å²) in [5.74, 6) is 1.14. The summed E-state index contributed by atoms with van der Waals surface area (Å²) in [6.07, 6.45) is 1.02. The van der Waals surface area contributed by atoms with Gasteiger partial charge in [0.1, 0.15) is 41.0 Å². The standard InChI is InChI=1S/C56H62N5O9P/c1-39(2)61(40(3)4)71(68-35-13-33-57)70-50-37-53(60-34-32-52(59-55(60)64)58-54(63)43-21-18-41(19-22-43)20-27-47(62)36-42-14-9-7-10-15-42)69-51(50)38-67-56(44-16-11-8-12-17-44,45-23-28-48(65-5)29-24-45)46-25-30-49(66-6)31-26-46/h7-12,14-19,21-26,28-32,34,39-40,50-51,53H,13,20,27,35-38H2,1-6H3,(H,58,59,63,64). The second kappa shape index (κ2) is 25.0. The van der Waals surface area contributed by atoms with Crippen molar-refractivity contribution in [3.63, 3.8) is 0 Å². The number of nitriles is 1. The topological polar surface area (TPSA) is 163 Å². The summed E-state index contributed by atoms with van der Waals surface area (Å²) >= 11 is 0. The maximum absolute atomic E-state index is 13.9. The number of aromatic nitrogens is 2. The van der Waals surface area contributed by atoms with Gasteiger partial charge in [0.25, 0.3) is 14.4 Å². The molecule has 2 heterocycles. The maximum Gasteiger partial charge on any atom is 0.351 e. The molecule has 370 valence electrons. The van der Waals surface area contributed by atoms with E-state index in [0.717, 1.165) is 27.8 Å². The van der Waals surface area contributed by atoms with Crippen LogP contribution in [0.15, 0.2) is 151 Å². The molecule has 1 fully saturated rings. The number of anilines is 1. The number of rotatable bonds is 24. The Balaban J connectivity index is 1.15. The highest BCUT2D eigenvalue weighted by atomic mass is 31.2. The Kier molecular flexibility index (Phi) is 18.4. The minimum atomic E-state index is -1.73. The van der Waals surface area contributed by atoms with Gasteiger partial charge in [-0.05, 0) is 104 Å². The summed E-state index contributed by atoms with van der Waals surface area (Å²) in [7, 11) is 1.52. The summed E-state index contributed by atoms with van der Waals surface area (Å²) in [5, 5.41) is 12.2.